The Morgan fingerprint density at radius 1 is 0.875 bits per heavy atom. The number of carboxylic acids is 1. The summed E-state index contributed by atoms with van der Waals surface area (Å²) in [6.45, 7) is 0. The van der Waals surface area contributed by atoms with E-state index in [9.17, 15) is 19.5 Å². The maximum atomic E-state index is 13.9. The van der Waals surface area contributed by atoms with Crippen molar-refractivity contribution in [3.8, 4) is 0 Å². The number of amides is 2. The molecule has 1 N–H and O–H groups in total. The van der Waals surface area contributed by atoms with Gasteiger partial charge in [-0.1, -0.05) is 71.7 Å². The fourth-order valence-electron chi connectivity index (χ4n) is 6.04. The maximum Gasteiger partial charge on any atom is 0.319 e. The lowest BCUT2D eigenvalue weighted by atomic mass is 9.47. The third-order valence-electron chi connectivity index (χ3n) is 7.11. The molecule has 2 amide bonds. The number of hydrogen-bond acceptors (Lipinski definition) is 3. The quantitative estimate of drug-likeness (QED) is 0.562. The number of hydrogen-bond donors (Lipinski definition) is 1. The molecule has 0 spiro atoms. The average Bonchev–Trinajstić information content (AvgIpc) is 3.05. The Morgan fingerprint density at radius 3 is 2.03 bits per heavy atom. The van der Waals surface area contributed by atoms with Gasteiger partial charge in [-0.15, -0.1) is 0 Å². The van der Waals surface area contributed by atoms with Crippen LogP contribution in [0.3, 0.4) is 0 Å². The van der Waals surface area contributed by atoms with E-state index in [1.165, 1.54) is 12.1 Å². The molecule has 3 aliphatic carbocycles. The van der Waals surface area contributed by atoms with Crippen LogP contribution in [0.4, 0.5) is 5.69 Å². The molecule has 158 valence electrons. The van der Waals surface area contributed by atoms with Gasteiger partial charge in [-0.2, -0.15) is 0 Å². The number of carbonyl (C=O) groups excluding carboxylic acids is 2. The van der Waals surface area contributed by atoms with Gasteiger partial charge in [0.15, 0.2) is 0 Å². The minimum atomic E-state index is -1.66. The van der Waals surface area contributed by atoms with Gasteiger partial charge in [0.2, 0.25) is 11.8 Å². The Balaban J connectivity index is 1.67. The van der Waals surface area contributed by atoms with Crippen molar-refractivity contribution < 1.29 is 19.5 Å². The Bertz CT molecular complexity index is 1320. The number of benzene rings is 3. The molecule has 0 unspecified atom stereocenters. The molecule has 2 bridgehead atoms. The zero-order chi connectivity index (χ0) is 22.4. The summed E-state index contributed by atoms with van der Waals surface area (Å²) in [4.78, 5) is 41.8. The first kappa shape index (κ1) is 19.5. The van der Waals surface area contributed by atoms with E-state index in [0.717, 1.165) is 16.0 Å². The highest BCUT2D eigenvalue weighted by molar-refractivity contribution is 6.38. The van der Waals surface area contributed by atoms with Gasteiger partial charge in [-0.05, 0) is 40.5 Å². The number of anilines is 1. The normalized spacial score (nSPS) is 27.2. The summed E-state index contributed by atoms with van der Waals surface area (Å²) in [5, 5.41) is 11.2. The monoisotopic (exact) mass is 463 g/mol. The smallest absolute Gasteiger partial charge is 0.319 e. The van der Waals surface area contributed by atoms with Crippen LogP contribution in [-0.4, -0.2) is 22.9 Å². The zero-order valence-electron chi connectivity index (χ0n) is 16.5. The van der Waals surface area contributed by atoms with Gasteiger partial charge in [0.05, 0.1) is 22.5 Å². The molecule has 3 aromatic rings. The van der Waals surface area contributed by atoms with Gasteiger partial charge in [0, 0.05) is 10.9 Å². The van der Waals surface area contributed by atoms with Crippen molar-refractivity contribution in [1.29, 1.82) is 0 Å². The molecular weight excluding hydrogens is 449 g/mol. The van der Waals surface area contributed by atoms with Gasteiger partial charge < -0.3 is 5.11 Å². The fourth-order valence-corrected chi connectivity index (χ4v) is 6.53. The number of rotatable bonds is 2. The topological polar surface area (TPSA) is 74.7 Å². The van der Waals surface area contributed by atoms with Crippen LogP contribution in [0.5, 0.6) is 0 Å². The molecule has 7 rings (SSSR count). The number of halogens is 2. The van der Waals surface area contributed by atoms with Gasteiger partial charge in [-0.25, -0.2) is 4.90 Å². The lowest BCUT2D eigenvalue weighted by Gasteiger charge is -2.51. The molecule has 1 aliphatic heterocycles. The van der Waals surface area contributed by atoms with Gasteiger partial charge >= 0.3 is 5.97 Å². The predicted octanol–water partition coefficient (Wildman–Crippen LogP) is 4.63. The van der Waals surface area contributed by atoms with Crippen molar-refractivity contribution in [2.45, 2.75) is 11.3 Å². The highest BCUT2D eigenvalue weighted by Gasteiger charge is 2.71. The van der Waals surface area contributed by atoms with Crippen molar-refractivity contribution in [2.75, 3.05) is 4.90 Å². The average molecular weight is 464 g/mol. The van der Waals surface area contributed by atoms with Crippen molar-refractivity contribution in [1.82, 2.24) is 0 Å². The molecule has 1 heterocycles. The molecule has 0 radical (unpaired) electrons. The third-order valence-corrected chi connectivity index (χ3v) is 7.64. The van der Waals surface area contributed by atoms with Crippen molar-refractivity contribution in [2.24, 2.45) is 11.8 Å². The highest BCUT2D eigenvalue weighted by atomic mass is 35.5. The van der Waals surface area contributed by atoms with E-state index in [2.05, 4.69) is 0 Å². The Hall–Kier alpha value is -3.15. The van der Waals surface area contributed by atoms with Crippen LogP contribution in [0.15, 0.2) is 66.7 Å². The lowest BCUT2D eigenvalue weighted by molar-refractivity contribution is -0.149. The van der Waals surface area contributed by atoms with E-state index in [0.29, 0.717) is 16.1 Å². The van der Waals surface area contributed by atoms with E-state index < -0.39 is 41.0 Å². The number of carbonyl (C=O) groups is 3. The van der Waals surface area contributed by atoms with Crippen molar-refractivity contribution in [3.05, 3.63) is 99.0 Å². The SMILES string of the molecule is O=C1[C@@H]2C3c4ccccc4C(C(=O)O)(c4ccccc43)[C@H]2C(=O)N1c1ccc(Cl)cc1Cl. The van der Waals surface area contributed by atoms with E-state index >= 15 is 0 Å². The number of aliphatic carboxylic acids is 1. The minimum Gasteiger partial charge on any atom is -0.480 e. The van der Waals surface area contributed by atoms with E-state index in [1.807, 2.05) is 24.3 Å². The van der Waals surface area contributed by atoms with E-state index in [1.54, 1.807) is 30.3 Å². The first-order valence-corrected chi connectivity index (χ1v) is 10.9. The van der Waals surface area contributed by atoms with Gasteiger partial charge in [0.25, 0.3) is 0 Å². The standard InChI is InChI=1S/C25H15Cl2NO4/c26-12-9-10-18(17(27)11-12)28-22(29)20-19-13-5-1-3-7-15(13)25(24(31)32,21(20)23(28)30)16-8-4-2-6-14(16)19/h1-11,19-21H,(H,31,32)/t19?,20-,21-,25?/m1/s1. The minimum absolute atomic E-state index is 0.157. The lowest BCUT2D eigenvalue weighted by Crippen LogP contribution is -2.57. The predicted molar refractivity (Wildman–Crippen MR) is 119 cm³/mol. The zero-order valence-corrected chi connectivity index (χ0v) is 18.0. The summed E-state index contributed by atoms with van der Waals surface area (Å²) in [6, 6.07) is 19.0. The summed E-state index contributed by atoms with van der Waals surface area (Å²) in [5.74, 6) is -4.47. The Morgan fingerprint density at radius 2 is 1.47 bits per heavy atom. The van der Waals surface area contributed by atoms with Gasteiger partial charge in [-0.3, -0.25) is 14.4 Å². The molecule has 7 heteroatoms. The van der Waals surface area contributed by atoms with Crippen LogP contribution >= 0.6 is 23.2 Å². The largest absolute Gasteiger partial charge is 0.480 e. The van der Waals surface area contributed by atoms with E-state index in [-0.39, 0.29) is 10.7 Å². The van der Waals surface area contributed by atoms with Crippen molar-refractivity contribution in [3.63, 3.8) is 0 Å². The third kappa shape index (κ3) is 2.13. The van der Waals surface area contributed by atoms with Crippen molar-refractivity contribution >= 4 is 46.7 Å². The molecule has 1 fully saturated rings. The van der Waals surface area contributed by atoms with Crippen LogP contribution in [-0.2, 0) is 19.8 Å². The molecule has 1 saturated heterocycles. The summed E-state index contributed by atoms with van der Waals surface area (Å²) >= 11 is 12.4. The van der Waals surface area contributed by atoms with Gasteiger partial charge in [0.1, 0.15) is 5.41 Å². The first-order valence-electron chi connectivity index (χ1n) is 10.1. The summed E-state index contributed by atoms with van der Waals surface area (Å²) in [6.07, 6.45) is 0. The molecule has 2 atom stereocenters. The Kier molecular flexibility index (Phi) is 3.93. The van der Waals surface area contributed by atoms with Crippen LogP contribution in [0, 0.1) is 11.8 Å². The molecular formula is C25H15Cl2NO4. The van der Waals surface area contributed by atoms with Crippen LogP contribution in [0.2, 0.25) is 10.0 Å². The molecule has 0 saturated carbocycles. The van der Waals surface area contributed by atoms with Crippen LogP contribution < -0.4 is 4.90 Å². The maximum absolute atomic E-state index is 13.9. The summed E-state index contributed by atoms with van der Waals surface area (Å²) in [7, 11) is 0. The molecule has 3 aromatic carbocycles. The highest BCUT2D eigenvalue weighted by Crippen LogP contribution is 2.64. The second-order valence-electron chi connectivity index (χ2n) is 8.38. The number of carboxylic acid groups (broad SMARTS) is 1. The molecule has 5 nitrogen and oxygen atoms in total. The molecule has 32 heavy (non-hydrogen) atoms. The molecule has 0 aromatic heterocycles. The second kappa shape index (κ2) is 6.44. The summed E-state index contributed by atoms with van der Waals surface area (Å²) < 4.78 is 0. The Labute approximate surface area is 193 Å². The van der Waals surface area contributed by atoms with E-state index in [4.69, 9.17) is 23.2 Å². The summed E-state index contributed by atoms with van der Waals surface area (Å²) in [5.41, 5.74) is 1.26. The second-order valence-corrected chi connectivity index (χ2v) is 9.22. The van der Waals surface area contributed by atoms with Crippen LogP contribution in [0.25, 0.3) is 0 Å². The fraction of sp³-hybridized carbons (Fsp3) is 0.160. The number of nitrogens with zero attached hydrogens (tertiary/aromatic N) is 1. The molecule has 4 aliphatic rings. The first-order chi connectivity index (χ1) is 15.4. The van der Waals surface area contributed by atoms with Crippen LogP contribution in [0.1, 0.15) is 28.2 Å². The number of imide groups is 1.